The Hall–Kier alpha value is -2.58. The maximum absolute atomic E-state index is 8.95. The van der Waals surface area contributed by atoms with Crippen LogP contribution in [0, 0.1) is 17.2 Å². The zero-order chi connectivity index (χ0) is 16.4. The van der Waals surface area contributed by atoms with Crippen molar-refractivity contribution in [3.8, 4) is 6.07 Å². The van der Waals surface area contributed by atoms with Crippen molar-refractivity contribution in [2.45, 2.75) is 32.2 Å². The predicted molar refractivity (Wildman–Crippen MR) is 89.5 cm³/mol. The quantitative estimate of drug-likeness (QED) is 0.924. The van der Waals surface area contributed by atoms with Crippen molar-refractivity contribution in [3.05, 3.63) is 53.6 Å². The normalized spacial score (nSPS) is 21.6. The maximum atomic E-state index is 8.95. The van der Waals surface area contributed by atoms with Crippen LogP contribution in [0.15, 0.2) is 41.7 Å². The maximum Gasteiger partial charge on any atom is 0.101 e. The Morgan fingerprint density at radius 1 is 1.30 bits per heavy atom. The molecule has 0 aliphatic carbocycles. The summed E-state index contributed by atoms with van der Waals surface area (Å²) < 4.78 is 0. The van der Waals surface area contributed by atoms with Crippen molar-refractivity contribution >= 4 is 11.4 Å². The lowest BCUT2D eigenvalue weighted by atomic mass is 9.82. The van der Waals surface area contributed by atoms with Gasteiger partial charge in [0.15, 0.2) is 0 Å². The molecule has 1 aliphatic heterocycles. The molecule has 2 N–H and O–H groups in total. The summed E-state index contributed by atoms with van der Waals surface area (Å²) in [6.45, 7) is 4.10. The fraction of sp³-hybridized carbons (Fsp3) is 0.333. The van der Waals surface area contributed by atoms with Gasteiger partial charge in [-0.25, -0.2) is 0 Å². The molecule has 0 radical (unpaired) electrons. The van der Waals surface area contributed by atoms with Crippen LogP contribution in [0.4, 0.5) is 5.69 Å². The van der Waals surface area contributed by atoms with E-state index >= 15 is 0 Å². The molecule has 1 aliphatic rings. The fourth-order valence-corrected chi connectivity index (χ4v) is 3.09. The number of fused-ring (bicyclic) bond motifs is 1. The van der Waals surface area contributed by atoms with E-state index in [1.165, 1.54) is 0 Å². The first-order valence-electron chi connectivity index (χ1n) is 7.74. The summed E-state index contributed by atoms with van der Waals surface area (Å²) in [6, 6.07) is 9.58. The molecule has 5 heteroatoms. The average Bonchev–Trinajstić information content (AvgIpc) is 2.72. The molecular formula is C18H19N5. The van der Waals surface area contributed by atoms with Crippen LogP contribution in [0.3, 0.4) is 0 Å². The third-order valence-electron chi connectivity index (χ3n) is 4.36. The highest BCUT2D eigenvalue weighted by Gasteiger charge is 2.30. The highest BCUT2D eigenvalue weighted by Crippen LogP contribution is 2.35. The molecule has 0 aromatic carbocycles. The third kappa shape index (κ3) is 2.99. The van der Waals surface area contributed by atoms with Gasteiger partial charge in [-0.1, -0.05) is 6.92 Å². The van der Waals surface area contributed by atoms with Crippen molar-refractivity contribution in [1.29, 1.82) is 5.26 Å². The first-order chi connectivity index (χ1) is 11.1. The van der Waals surface area contributed by atoms with Gasteiger partial charge in [-0.3, -0.25) is 15.0 Å². The van der Waals surface area contributed by atoms with Gasteiger partial charge in [0.05, 0.1) is 16.9 Å². The van der Waals surface area contributed by atoms with Crippen LogP contribution >= 0.6 is 0 Å². The van der Waals surface area contributed by atoms with E-state index in [9.17, 15) is 0 Å². The molecule has 0 amide bonds. The van der Waals surface area contributed by atoms with E-state index in [4.69, 9.17) is 16.0 Å². The Morgan fingerprint density at radius 3 is 2.78 bits per heavy atom. The van der Waals surface area contributed by atoms with E-state index in [1.54, 1.807) is 12.4 Å². The van der Waals surface area contributed by atoms with E-state index in [1.807, 2.05) is 31.2 Å². The van der Waals surface area contributed by atoms with Gasteiger partial charge in [0.2, 0.25) is 0 Å². The largest absolute Gasteiger partial charge is 0.323 e. The number of nitrogens with zero attached hydrogens (tertiary/aromatic N) is 4. The summed E-state index contributed by atoms with van der Waals surface area (Å²) in [5, 5.41) is 8.95. The fourth-order valence-electron chi connectivity index (χ4n) is 3.09. The van der Waals surface area contributed by atoms with Gasteiger partial charge in [0.25, 0.3) is 0 Å². The second kappa shape index (κ2) is 6.27. The lowest BCUT2D eigenvalue weighted by Gasteiger charge is -2.24. The molecule has 0 bridgehead atoms. The second-order valence-corrected chi connectivity index (χ2v) is 5.98. The number of nitriles is 1. The minimum absolute atomic E-state index is 0.128. The molecule has 3 rings (SSSR count). The van der Waals surface area contributed by atoms with Gasteiger partial charge in [-0.15, -0.1) is 0 Å². The van der Waals surface area contributed by atoms with Crippen LogP contribution in [0.1, 0.15) is 36.7 Å². The number of pyridine rings is 2. The second-order valence-electron chi connectivity index (χ2n) is 5.98. The average molecular weight is 305 g/mol. The number of nitrogens with two attached hydrogens (primary N) is 1. The molecule has 2 aromatic rings. The highest BCUT2D eigenvalue weighted by molar-refractivity contribution is 5.94. The number of aliphatic imine (C=N–C) groups is 1. The van der Waals surface area contributed by atoms with Gasteiger partial charge in [0, 0.05) is 48.1 Å². The van der Waals surface area contributed by atoms with E-state index < -0.39 is 0 Å². The molecule has 3 heterocycles. The van der Waals surface area contributed by atoms with Gasteiger partial charge >= 0.3 is 0 Å². The molecule has 0 spiro atoms. The Balaban J connectivity index is 2.07. The molecule has 116 valence electrons. The summed E-state index contributed by atoms with van der Waals surface area (Å²) >= 11 is 0. The van der Waals surface area contributed by atoms with Gasteiger partial charge in [-0.2, -0.15) is 5.26 Å². The molecule has 0 saturated carbocycles. The molecule has 0 fully saturated rings. The van der Waals surface area contributed by atoms with E-state index in [0.717, 1.165) is 29.2 Å². The van der Waals surface area contributed by atoms with Crippen LogP contribution < -0.4 is 5.73 Å². The lowest BCUT2D eigenvalue weighted by molar-refractivity contribution is 0.546. The number of hydrogen-bond acceptors (Lipinski definition) is 5. The van der Waals surface area contributed by atoms with Crippen molar-refractivity contribution in [2.24, 2.45) is 16.6 Å². The topological polar surface area (TPSA) is 88.0 Å². The molecule has 3 atom stereocenters. The number of hydrogen-bond donors (Lipinski definition) is 1. The summed E-state index contributed by atoms with van der Waals surface area (Å²) in [5.41, 5.74) is 10.5. The van der Waals surface area contributed by atoms with Crippen LogP contribution in [0.5, 0.6) is 0 Å². The molecule has 5 nitrogen and oxygen atoms in total. The monoisotopic (exact) mass is 305 g/mol. The van der Waals surface area contributed by atoms with Crippen LogP contribution in [0.2, 0.25) is 0 Å². The summed E-state index contributed by atoms with van der Waals surface area (Å²) in [6.07, 6.45) is 4.17. The van der Waals surface area contributed by atoms with Gasteiger partial charge < -0.3 is 5.73 Å². The Morgan fingerprint density at radius 2 is 2.13 bits per heavy atom. The van der Waals surface area contributed by atoms with Crippen molar-refractivity contribution < 1.29 is 0 Å². The lowest BCUT2D eigenvalue weighted by Crippen LogP contribution is -2.34. The third-order valence-corrected chi connectivity index (χ3v) is 4.36. The zero-order valence-corrected chi connectivity index (χ0v) is 13.3. The van der Waals surface area contributed by atoms with E-state index in [0.29, 0.717) is 5.56 Å². The van der Waals surface area contributed by atoms with Crippen molar-refractivity contribution in [2.75, 3.05) is 0 Å². The number of aromatic nitrogens is 2. The van der Waals surface area contributed by atoms with Crippen molar-refractivity contribution in [1.82, 2.24) is 9.97 Å². The molecule has 2 aromatic heterocycles. The van der Waals surface area contributed by atoms with Gasteiger partial charge in [0.1, 0.15) is 6.07 Å². The summed E-state index contributed by atoms with van der Waals surface area (Å²) in [4.78, 5) is 13.8. The van der Waals surface area contributed by atoms with Crippen LogP contribution in [-0.4, -0.2) is 21.7 Å². The van der Waals surface area contributed by atoms with Gasteiger partial charge in [-0.05, 0) is 31.2 Å². The minimum atomic E-state index is -0.128. The molecular weight excluding hydrogens is 286 g/mol. The zero-order valence-electron chi connectivity index (χ0n) is 13.3. The minimum Gasteiger partial charge on any atom is -0.323 e. The van der Waals surface area contributed by atoms with Crippen molar-refractivity contribution in [3.63, 3.8) is 0 Å². The molecule has 0 saturated heterocycles. The Bertz CT molecular complexity index is 771. The van der Waals surface area contributed by atoms with E-state index in [-0.39, 0.29) is 17.9 Å². The Labute approximate surface area is 135 Å². The standard InChI is InChI=1S/C18H19N5/c1-11-14(15-6-5-13(9-19)10-22-15)8-17-16(4-3-7-21-17)23-18(11)12(2)20/h3-7,10-12,14H,8,20H2,1-2H3/t11?,12-,14?/m0/s1. The molecule has 23 heavy (non-hydrogen) atoms. The Kier molecular flexibility index (Phi) is 4.18. The van der Waals surface area contributed by atoms with Crippen LogP contribution in [-0.2, 0) is 6.42 Å². The van der Waals surface area contributed by atoms with E-state index in [2.05, 4.69) is 23.0 Å². The predicted octanol–water partition coefficient (Wildman–Crippen LogP) is 2.74. The highest BCUT2D eigenvalue weighted by atomic mass is 14.9. The first kappa shape index (κ1) is 15.3. The summed E-state index contributed by atoms with van der Waals surface area (Å²) in [5.74, 6) is 0.299. The smallest absolute Gasteiger partial charge is 0.101 e. The SMILES string of the molecule is CC1C([C@H](C)N)=Nc2cccnc2CC1c1ccc(C#N)cn1. The molecule has 2 unspecified atom stereocenters. The number of rotatable bonds is 2. The van der Waals surface area contributed by atoms with Crippen LogP contribution in [0.25, 0.3) is 0 Å². The summed E-state index contributed by atoms with van der Waals surface area (Å²) in [7, 11) is 0. The first-order valence-corrected chi connectivity index (χ1v) is 7.74.